The minimum Gasteiger partial charge on any atom is -0.499 e. The molecule has 0 aliphatic carbocycles. The third-order valence-corrected chi connectivity index (χ3v) is 4.16. The van der Waals surface area contributed by atoms with E-state index in [4.69, 9.17) is 4.43 Å². The summed E-state index contributed by atoms with van der Waals surface area (Å²) in [6.45, 7) is 2.35. The van der Waals surface area contributed by atoms with Crippen LogP contribution in [0.2, 0.25) is 6.55 Å². The average Bonchev–Trinajstić information content (AvgIpc) is 2.13. The van der Waals surface area contributed by atoms with Crippen molar-refractivity contribution in [3.63, 3.8) is 0 Å². The molecule has 0 aliphatic rings. The number of hydrogen-bond donors (Lipinski definition) is 0. The van der Waals surface area contributed by atoms with Gasteiger partial charge in [-0.1, -0.05) is 0 Å². The Bertz CT molecular complexity index is 245. The summed E-state index contributed by atoms with van der Waals surface area (Å²) in [6, 6.07) is 0. The topological polar surface area (TPSA) is 78.9 Å². The number of rotatable bonds is 3. The molecule has 0 spiro atoms. The molecule has 14 heavy (non-hydrogen) atoms. The van der Waals surface area contributed by atoms with Crippen LogP contribution in [0.5, 0.6) is 0 Å². The number of carbonyl (C=O) groups is 3. The molecule has 0 unspecified atom stereocenters. The van der Waals surface area contributed by atoms with Gasteiger partial charge in [0.1, 0.15) is 0 Å². The van der Waals surface area contributed by atoms with Crippen LogP contribution < -0.4 is 0 Å². The van der Waals surface area contributed by atoms with Crippen LogP contribution in [0.15, 0.2) is 0 Å². The first-order valence-electron chi connectivity index (χ1n) is 3.75. The summed E-state index contributed by atoms with van der Waals surface area (Å²) in [6.07, 6.45) is 0. The van der Waals surface area contributed by atoms with Gasteiger partial charge in [0.05, 0.1) is 14.2 Å². The van der Waals surface area contributed by atoms with Gasteiger partial charge < -0.3 is 13.9 Å². The summed E-state index contributed by atoms with van der Waals surface area (Å²) in [5.74, 6) is -0.713. The van der Waals surface area contributed by atoms with Crippen molar-refractivity contribution in [2.75, 3.05) is 14.2 Å². The summed E-state index contributed by atoms with van der Waals surface area (Å²) < 4.78 is 13.5. The lowest BCUT2D eigenvalue weighted by Crippen LogP contribution is -2.53. The van der Waals surface area contributed by atoms with Crippen LogP contribution in [-0.4, -0.2) is 39.7 Å². The van der Waals surface area contributed by atoms with E-state index in [1.54, 1.807) is 0 Å². The van der Waals surface area contributed by atoms with Crippen LogP contribution in [0.25, 0.3) is 0 Å². The maximum atomic E-state index is 11.2. The van der Waals surface area contributed by atoms with Crippen molar-refractivity contribution >= 4 is 25.5 Å². The van der Waals surface area contributed by atoms with Crippen LogP contribution in [0, 0.1) is 0 Å². The molecule has 0 atom stereocenters. The van der Waals surface area contributed by atoms with E-state index in [1.807, 2.05) is 0 Å². The Hall–Kier alpha value is -1.37. The lowest BCUT2D eigenvalue weighted by atomic mass is 10.9. The van der Waals surface area contributed by atoms with Crippen molar-refractivity contribution in [2.24, 2.45) is 0 Å². The molecule has 0 bridgehead atoms. The van der Waals surface area contributed by atoms with Crippen LogP contribution >= 0.6 is 0 Å². The molecule has 0 fully saturated rings. The van der Waals surface area contributed by atoms with Gasteiger partial charge in [0.2, 0.25) is 0 Å². The normalized spacial score (nSPS) is 10.3. The second kappa shape index (κ2) is 4.75. The largest absolute Gasteiger partial charge is 0.499 e. The highest BCUT2D eigenvalue weighted by atomic mass is 28.4. The second-order valence-electron chi connectivity index (χ2n) is 2.61. The van der Waals surface area contributed by atoms with E-state index in [0.717, 1.165) is 21.1 Å². The molecule has 0 saturated heterocycles. The Kier molecular flexibility index (Phi) is 4.28. The average molecular weight is 220 g/mol. The third kappa shape index (κ3) is 2.56. The molecule has 0 radical (unpaired) electrons. The standard InChI is InChI=1S/C7H12O6Si/c1-5(8)13-14(4,6(9)11-2)7(10)12-3/h1-4H3. The molecule has 0 aliphatic heterocycles. The molecule has 0 rings (SSSR count). The zero-order valence-corrected chi connectivity index (χ0v) is 9.45. The van der Waals surface area contributed by atoms with Gasteiger partial charge in [0.25, 0.3) is 5.97 Å². The zero-order chi connectivity index (χ0) is 11.4. The number of hydrogen-bond acceptors (Lipinski definition) is 6. The van der Waals surface area contributed by atoms with Gasteiger partial charge in [-0.2, -0.15) is 0 Å². The molecule has 0 aromatic rings. The Morgan fingerprint density at radius 3 is 1.57 bits per heavy atom. The van der Waals surface area contributed by atoms with Crippen LogP contribution in [0.1, 0.15) is 6.92 Å². The number of carbonyl (C=O) groups excluding carboxylic acids is 3. The van der Waals surface area contributed by atoms with Gasteiger partial charge in [-0.25, -0.2) is 0 Å². The van der Waals surface area contributed by atoms with Gasteiger partial charge >= 0.3 is 19.5 Å². The van der Waals surface area contributed by atoms with E-state index in [1.165, 1.54) is 6.55 Å². The van der Waals surface area contributed by atoms with Crippen molar-refractivity contribution in [1.29, 1.82) is 0 Å². The molecule has 0 saturated carbocycles. The van der Waals surface area contributed by atoms with Crippen LogP contribution in [0.3, 0.4) is 0 Å². The molecule has 6 nitrogen and oxygen atoms in total. The van der Waals surface area contributed by atoms with Gasteiger partial charge in [-0.3, -0.25) is 14.4 Å². The predicted octanol–water partition coefficient (Wildman–Crippen LogP) is 0.821. The highest BCUT2D eigenvalue weighted by Gasteiger charge is 2.53. The molecule has 0 heterocycles. The van der Waals surface area contributed by atoms with E-state index in [9.17, 15) is 14.4 Å². The summed E-state index contributed by atoms with van der Waals surface area (Å²) >= 11 is 0. The van der Waals surface area contributed by atoms with E-state index >= 15 is 0 Å². The zero-order valence-electron chi connectivity index (χ0n) is 8.45. The Morgan fingerprint density at radius 1 is 1.00 bits per heavy atom. The number of methoxy groups -OCH3 is 2. The van der Waals surface area contributed by atoms with E-state index in [-0.39, 0.29) is 0 Å². The first-order valence-corrected chi connectivity index (χ1v) is 6.15. The van der Waals surface area contributed by atoms with E-state index in [2.05, 4.69) is 9.47 Å². The van der Waals surface area contributed by atoms with Crippen molar-refractivity contribution in [1.82, 2.24) is 0 Å². The highest BCUT2D eigenvalue weighted by Crippen LogP contribution is 2.12. The monoisotopic (exact) mass is 220 g/mol. The SMILES string of the molecule is COC(=O)[Si](C)(OC(C)=O)C(=O)OC. The number of ether oxygens (including phenoxy) is 2. The first-order chi connectivity index (χ1) is 6.38. The van der Waals surface area contributed by atoms with Crippen molar-refractivity contribution in [2.45, 2.75) is 13.5 Å². The molecular weight excluding hydrogens is 208 g/mol. The summed E-state index contributed by atoms with van der Waals surface area (Å²) in [7, 11) is -1.37. The second-order valence-corrected chi connectivity index (χ2v) is 5.70. The fourth-order valence-electron chi connectivity index (χ4n) is 0.844. The Balaban J connectivity index is 4.93. The molecule has 0 N–H and O–H groups in total. The Labute approximate surface area is 82.3 Å². The molecular formula is C7H12O6Si. The highest BCUT2D eigenvalue weighted by molar-refractivity contribution is 7.19. The van der Waals surface area contributed by atoms with Crippen LogP contribution in [0.4, 0.5) is 9.59 Å². The summed E-state index contributed by atoms with van der Waals surface area (Å²) in [5.41, 5.74) is -1.70. The molecule has 7 heteroatoms. The predicted molar refractivity (Wildman–Crippen MR) is 48.2 cm³/mol. The van der Waals surface area contributed by atoms with E-state index < -0.39 is 25.5 Å². The first kappa shape index (κ1) is 12.6. The van der Waals surface area contributed by atoms with Gasteiger partial charge in [-0.15, -0.1) is 0 Å². The summed E-state index contributed by atoms with van der Waals surface area (Å²) in [5, 5.41) is 0. The van der Waals surface area contributed by atoms with Crippen molar-refractivity contribution in [3.8, 4) is 0 Å². The maximum Gasteiger partial charge on any atom is 0.491 e. The third-order valence-electron chi connectivity index (χ3n) is 1.50. The fourth-order valence-corrected chi connectivity index (χ4v) is 2.53. The minimum atomic E-state index is -3.59. The van der Waals surface area contributed by atoms with Crippen molar-refractivity contribution < 1.29 is 28.3 Å². The quantitative estimate of drug-likeness (QED) is 0.655. The molecule has 0 aromatic carbocycles. The Morgan fingerprint density at radius 2 is 1.36 bits per heavy atom. The van der Waals surface area contributed by atoms with Crippen molar-refractivity contribution in [3.05, 3.63) is 0 Å². The lowest BCUT2D eigenvalue weighted by molar-refractivity contribution is -0.132. The van der Waals surface area contributed by atoms with Gasteiger partial charge in [0, 0.05) is 6.92 Å². The van der Waals surface area contributed by atoms with Gasteiger partial charge in [0.15, 0.2) is 0 Å². The molecule has 0 aromatic heterocycles. The summed E-state index contributed by atoms with van der Waals surface area (Å²) in [4.78, 5) is 33.2. The molecule has 80 valence electrons. The van der Waals surface area contributed by atoms with Gasteiger partial charge in [-0.05, 0) is 6.55 Å². The maximum absolute atomic E-state index is 11.2. The minimum absolute atomic E-state index is 0.713. The van der Waals surface area contributed by atoms with Crippen LogP contribution in [-0.2, 0) is 18.7 Å². The fraction of sp³-hybridized carbons (Fsp3) is 0.571. The lowest BCUT2D eigenvalue weighted by Gasteiger charge is -2.19. The smallest absolute Gasteiger partial charge is 0.491 e. The van der Waals surface area contributed by atoms with E-state index in [0.29, 0.717) is 0 Å². The molecule has 0 amide bonds.